The van der Waals surface area contributed by atoms with E-state index in [0.717, 1.165) is 0 Å². The zero-order chi connectivity index (χ0) is 28.9. The van der Waals surface area contributed by atoms with E-state index < -0.39 is 33.5 Å². The van der Waals surface area contributed by atoms with Crippen molar-refractivity contribution in [1.29, 1.82) is 0 Å². The SMILES string of the molecule is CC1=CC(=C(c2cc(C)c(O)c(CNCC(=O)[O-])c2)c2ccccc2S(=O)(=O)O)C=C(CNCC(=O)O)C1=O.[Na+]. The number of carboxylic acid groups (broad SMARTS) is 2. The number of Topliss-reactive ketones (excluding diaryl/α,β-unsaturated/α-hetero) is 1. The molecule has 0 saturated heterocycles. The first-order valence-electron chi connectivity index (χ1n) is 11.7. The minimum absolute atomic E-state index is 0. The number of carboxylic acids is 2. The van der Waals surface area contributed by atoms with Crippen LogP contribution in [0.2, 0.25) is 0 Å². The van der Waals surface area contributed by atoms with E-state index in [4.69, 9.17) is 5.11 Å². The summed E-state index contributed by atoms with van der Waals surface area (Å²) >= 11 is 0. The van der Waals surface area contributed by atoms with Gasteiger partial charge < -0.3 is 30.7 Å². The molecule has 3 rings (SSSR count). The molecule has 13 heteroatoms. The second kappa shape index (κ2) is 14.0. The van der Waals surface area contributed by atoms with Gasteiger partial charge in [0.05, 0.1) is 12.5 Å². The van der Waals surface area contributed by atoms with E-state index in [0.29, 0.717) is 33.4 Å². The molecule has 0 amide bonds. The van der Waals surface area contributed by atoms with Crippen molar-refractivity contribution < 1.29 is 72.2 Å². The van der Waals surface area contributed by atoms with Gasteiger partial charge in [0.25, 0.3) is 10.1 Å². The molecular formula is C27H27N2NaO9S. The third-order valence-electron chi connectivity index (χ3n) is 5.92. The van der Waals surface area contributed by atoms with Crippen molar-refractivity contribution in [2.24, 2.45) is 0 Å². The minimum Gasteiger partial charge on any atom is -0.549 e. The summed E-state index contributed by atoms with van der Waals surface area (Å²) in [7, 11) is -4.69. The number of phenols is 1. The molecule has 0 saturated carbocycles. The molecule has 1 aliphatic carbocycles. The van der Waals surface area contributed by atoms with Gasteiger partial charge in [-0.05, 0) is 72.0 Å². The second-order valence-electron chi connectivity index (χ2n) is 8.90. The summed E-state index contributed by atoms with van der Waals surface area (Å²) in [5.41, 5.74) is 2.49. The maximum atomic E-state index is 12.8. The van der Waals surface area contributed by atoms with Crippen LogP contribution in [0.25, 0.3) is 5.57 Å². The van der Waals surface area contributed by atoms with Crippen LogP contribution in [-0.2, 0) is 31.0 Å². The number of rotatable bonds is 11. The molecule has 40 heavy (non-hydrogen) atoms. The van der Waals surface area contributed by atoms with E-state index in [1.165, 1.54) is 24.3 Å². The molecule has 2 aromatic rings. The third kappa shape index (κ3) is 8.21. The molecule has 11 nitrogen and oxygen atoms in total. The van der Waals surface area contributed by atoms with Crippen LogP contribution in [0.3, 0.4) is 0 Å². The fourth-order valence-electron chi connectivity index (χ4n) is 4.23. The largest absolute Gasteiger partial charge is 1.00 e. The molecule has 0 heterocycles. The number of hydrogen-bond acceptors (Lipinski definition) is 9. The summed E-state index contributed by atoms with van der Waals surface area (Å²) in [4.78, 5) is 34.2. The number of carbonyl (C=O) groups is 3. The van der Waals surface area contributed by atoms with Crippen molar-refractivity contribution >= 4 is 33.4 Å². The molecule has 0 aromatic heterocycles. The van der Waals surface area contributed by atoms with E-state index in [1.54, 1.807) is 38.1 Å². The first-order chi connectivity index (χ1) is 18.3. The van der Waals surface area contributed by atoms with E-state index in [9.17, 15) is 37.6 Å². The fourth-order valence-corrected chi connectivity index (χ4v) is 4.93. The Bertz CT molecular complexity index is 1540. The summed E-state index contributed by atoms with van der Waals surface area (Å²) < 4.78 is 34.6. The molecule has 0 bridgehead atoms. The maximum Gasteiger partial charge on any atom is 1.00 e. The van der Waals surface area contributed by atoms with Crippen LogP contribution < -0.4 is 45.3 Å². The second-order valence-corrected chi connectivity index (χ2v) is 10.3. The molecule has 1 aliphatic rings. The Morgan fingerprint density at radius 3 is 2.27 bits per heavy atom. The predicted molar refractivity (Wildman–Crippen MR) is 139 cm³/mol. The number of phenolic OH excluding ortho intramolecular Hbond substituents is 1. The minimum atomic E-state index is -4.69. The summed E-state index contributed by atoms with van der Waals surface area (Å²) in [5, 5.41) is 35.7. The summed E-state index contributed by atoms with van der Waals surface area (Å²) in [6, 6.07) is 8.86. The van der Waals surface area contributed by atoms with Gasteiger partial charge in [-0.1, -0.05) is 18.2 Å². The van der Waals surface area contributed by atoms with Crippen LogP contribution in [0.15, 0.2) is 70.2 Å². The Balaban J connectivity index is 0.00000560. The van der Waals surface area contributed by atoms with Crippen molar-refractivity contribution in [1.82, 2.24) is 10.6 Å². The molecule has 0 aliphatic heterocycles. The number of allylic oxidation sites excluding steroid dienone is 4. The van der Waals surface area contributed by atoms with Crippen LogP contribution in [0.5, 0.6) is 5.75 Å². The van der Waals surface area contributed by atoms with Gasteiger partial charge in [0.15, 0.2) is 5.78 Å². The summed E-state index contributed by atoms with van der Waals surface area (Å²) in [6.07, 6.45) is 3.06. The first-order valence-corrected chi connectivity index (χ1v) is 13.1. The van der Waals surface area contributed by atoms with Crippen molar-refractivity contribution in [3.63, 3.8) is 0 Å². The topological polar surface area (TPSA) is 193 Å². The van der Waals surface area contributed by atoms with Crippen LogP contribution >= 0.6 is 0 Å². The Hall–Kier alpha value is -3.10. The maximum absolute atomic E-state index is 12.8. The Morgan fingerprint density at radius 1 is 1.00 bits per heavy atom. The molecule has 0 unspecified atom stereocenters. The van der Waals surface area contributed by atoms with Gasteiger partial charge in [-0.15, -0.1) is 0 Å². The quantitative estimate of drug-likeness (QED) is 0.143. The number of hydrogen-bond donors (Lipinski definition) is 5. The van der Waals surface area contributed by atoms with Gasteiger partial charge in [-0.25, -0.2) is 0 Å². The Morgan fingerprint density at radius 2 is 1.65 bits per heavy atom. The average Bonchev–Trinajstić information content (AvgIpc) is 2.84. The molecule has 0 atom stereocenters. The molecule has 0 spiro atoms. The summed E-state index contributed by atoms with van der Waals surface area (Å²) in [5.74, 6) is -2.87. The molecule has 206 valence electrons. The Labute approximate surface area is 253 Å². The van der Waals surface area contributed by atoms with Gasteiger partial charge in [0.2, 0.25) is 0 Å². The zero-order valence-corrected chi connectivity index (χ0v) is 25.0. The number of nitrogens with one attached hydrogen (secondary N) is 2. The van der Waals surface area contributed by atoms with E-state index in [1.807, 2.05) is 0 Å². The van der Waals surface area contributed by atoms with E-state index in [-0.39, 0.29) is 71.9 Å². The number of carbonyl (C=O) groups excluding carboxylic acids is 2. The number of benzene rings is 2. The zero-order valence-electron chi connectivity index (χ0n) is 22.1. The van der Waals surface area contributed by atoms with E-state index >= 15 is 0 Å². The van der Waals surface area contributed by atoms with Gasteiger partial charge in [-0.2, -0.15) is 8.42 Å². The van der Waals surface area contributed by atoms with Gasteiger partial charge >= 0.3 is 35.5 Å². The van der Waals surface area contributed by atoms with Crippen molar-refractivity contribution in [3.8, 4) is 5.75 Å². The third-order valence-corrected chi connectivity index (χ3v) is 6.83. The monoisotopic (exact) mass is 578 g/mol. The van der Waals surface area contributed by atoms with Gasteiger partial charge in [0, 0.05) is 36.3 Å². The normalized spacial score (nSPS) is 14.6. The molecule has 5 N–H and O–H groups in total. The van der Waals surface area contributed by atoms with Gasteiger partial charge in [-0.3, -0.25) is 14.1 Å². The Kier molecular flexibility index (Phi) is 11.6. The van der Waals surface area contributed by atoms with Crippen molar-refractivity contribution in [2.45, 2.75) is 25.3 Å². The number of ketones is 1. The molecular weight excluding hydrogens is 551 g/mol. The first kappa shape index (κ1) is 33.1. The van der Waals surface area contributed by atoms with Gasteiger partial charge in [0.1, 0.15) is 10.6 Å². The van der Waals surface area contributed by atoms with Crippen molar-refractivity contribution in [3.05, 3.63) is 87.5 Å². The number of aliphatic carboxylic acids is 2. The van der Waals surface area contributed by atoms with Crippen LogP contribution in [-0.4, -0.2) is 60.5 Å². The van der Waals surface area contributed by atoms with Crippen molar-refractivity contribution in [2.75, 3.05) is 19.6 Å². The number of aryl methyl sites for hydroxylation is 1. The van der Waals surface area contributed by atoms with E-state index in [2.05, 4.69) is 10.6 Å². The molecule has 2 aromatic carbocycles. The standard InChI is InChI=1S/C27H28N2O9S.Na/c1-15-7-17(9-19(26(15)34)11-28-13-23(30)31)25(21-5-3-4-6-22(21)39(36,37)38)18-8-16(2)27(35)20(10-18)12-29-14-24(32)33;/h3-10,28-29,34H,11-14H2,1-2H3,(H,30,31)(H,32,33)(H,36,37,38);/q;+1/p-1. The average molecular weight is 579 g/mol. The number of aromatic hydroxyl groups is 1. The van der Waals surface area contributed by atoms with Crippen LogP contribution in [0.1, 0.15) is 29.2 Å². The van der Waals surface area contributed by atoms with Crippen LogP contribution in [0.4, 0.5) is 0 Å². The molecule has 0 radical (unpaired) electrons. The fraction of sp³-hybridized carbons (Fsp3) is 0.222. The predicted octanol–water partition coefficient (Wildman–Crippen LogP) is -2.28. The molecule has 0 fully saturated rings. The smallest absolute Gasteiger partial charge is 0.549 e. The van der Waals surface area contributed by atoms with Crippen LogP contribution in [0, 0.1) is 6.92 Å². The summed E-state index contributed by atoms with van der Waals surface area (Å²) in [6.45, 7) is 2.20.